The molecule has 6 nitrogen and oxygen atoms in total. The molecular formula is C18H21FN6. The molecule has 1 fully saturated rings. The number of anilines is 2. The van der Waals surface area contributed by atoms with Gasteiger partial charge in [-0.25, -0.2) is 9.37 Å². The maximum Gasteiger partial charge on any atom is 0.228 e. The first-order chi connectivity index (χ1) is 12.0. The minimum absolute atomic E-state index is 0.279. The first-order valence-corrected chi connectivity index (χ1v) is 8.54. The van der Waals surface area contributed by atoms with Crippen molar-refractivity contribution in [3.05, 3.63) is 30.1 Å². The second-order valence-electron chi connectivity index (χ2n) is 6.76. The van der Waals surface area contributed by atoms with Crippen molar-refractivity contribution in [3.8, 4) is 11.3 Å². The second kappa shape index (κ2) is 5.98. The fourth-order valence-corrected chi connectivity index (χ4v) is 3.27. The average Bonchev–Trinajstić information content (AvgIpc) is 2.90. The van der Waals surface area contributed by atoms with E-state index >= 15 is 0 Å². The number of fused-ring (bicyclic) bond motifs is 1. The molecule has 0 atom stereocenters. The van der Waals surface area contributed by atoms with Crippen molar-refractivity contribution in [1.82, 2.24) is 19.7 Å². The number of nitrogen functional groups attached to an aromatic ring is 1. The van der Waals surface area contributed by atoms with Crippen LogP contribution in [0.4, 0.5) is 16.2 Å². The van der Waals surface area contributed by atoms with E-state index in [2.05, 4.69) is 21.9 Å². The van der Waals surface area contributed by atoms with E-state index in [4.69, 9.17) is 10.7 Å². The fraction of sp³-hybridized carbons (Fsp3) is 0.389. The van der Waals surface area contributed by atoms with Crippen LogP contribution in [0.25, 0.3) is 22.3 Å². The lowest BCUT2D eigenvalue weighted by molar-refractivity contribution is 0.435. The van der Waals surface area contributed by atoms with Gasteiger partial charge in [0.2, 0.25) is 5.95 Å². The first-order valence-electron chi connectivity index (χ1n) is 8.54. The van der Waals surface area contributed by atoms with E-state index < -0.39 is 0 Å². The zero-order valence-electron chi connectivity index (χ0n) is 14.4. The highest BCUT2D eigenvalue weighted by atomic mass is 19.1. The van der Waals surface area contributed by atoms with Gasteiger partial charge in [-0.15, -0.1) is 0 Å². The topological polar surface area (TPSA) is 72.9 Å². The number of aryl methyl sites for hydroxylation is 1. The average molecular weight is 340 g/mol. The Morgan fingerprint density at radius 3 is 2.48 bits per heavy atom. The minimum atomic E-state index is -0.279. The van der Waals surface area contributed by atoms with Crippen molar-refractivity contribution in [2.24, 2.45) is 13.0 Å². The highest BCUT2D eigenvalue weighted by molar-refractivity contribution is 5.98. The third-order valence-corrected chi connectivity index (χ3v) is 4.91. The van der Waals surface area contributed by atoms with Crippen LogP contribution in [-0.2, 0) is 7.05 Å². The number of halogens is 1. The van der Waals surface area contributed by atoms with Gasteiger partial charge in [-0.05, 0) is 43.0 Å². The van der Waals surface area contributed by atoms with Crippen molar-refractivity contribution >= 4 is 22.8 Å². The summed E-state index contributed by atoms with van der Waals surface area (Å²) < 4.78 is 14.9. The SMILES string of the molecule is CC1CCN(c2nc(-c3ccc(F)cc3)c3c(N)n(C)nc3n2)CC1. The number of hydrogen-bond acceptors (Lipinski definition) is 5. The Kier molecular flexibility index (Phi) is 3.78. The van der Waals surface area contributed by atoms with Crippen LogP contribution in [0.15, 0.2) is 24.3 Å². The van der Waals surface area contributed by atoms with Crippen LogP contribution in [0.2, 0.25) is 0 Å². The van der Waals surface area contributed by atoms with Crippen LogP contribution in [0.1, 0.15) is 19.8 Å². The Bertz CT molecular complexity index is 909. The quantitative estimate of drug-likeness (QED) is 0.776. The number of hydrogen-bond donors (Lipinski definition) is 1. The van der Waals surface area contributed by atoms with Gasteiger partial charge in [-0.2, -0.15) is 10.1 Å². The summed E-state index contributed by atoms with van der Waals surface area (Å²) in [5.74, 6) is 1.62. The number of nitrogens with two attached hydrogens (primary N) is 1. The number of rotatable bonds is 2. The summed E-state index contributed by atoms with van der Waals surface area (Å²) in [6, 6.07) is 6.29. The number of piperidine rings is 1. The Morgan fingerprint density at radius 1 is 1.12 bits per heavy atom. The molecule has 7 heteroatoms. The molecule has 1 aliphatic heterocycles. The van der Waals surface area contributed by atoms with Gasteiger partial charge in [0.25, 0.3) is 0 Å². The molecule has 0 radical (unpaired) electrons. The summed E-state index contributed by atoms with van der Waals surface area (Å²) in [7, 11) is 1.79. The second-order valence-corrected chi connectivity index (χ2v) is 6.76. The molecule has 0 aliphatic carbocycles. The van der Waals surface area contributed by atoms with Crippen molar-refractivity contribution in [2.75, 3.05) is 23.7 Å². The molecule has 1 aromatic carbocycles. The molecule has 3 heterocycles. The van der Waals surface area contributed by atoms with Gasteiger partial charge in [0.05, 0.1) is 11.1 Å². The summed E-state index contributed by atoms with van der Waals surface area (Å²) in [6.45, 7) is 4.13. The number of nitrogens with zero attached hydrogens (tertiary/aromatic N) is 5. The molecule has 2 aromatic heterocycles. The van der Waals surface area contributed by atoms with Crippen LogP contribution in [0.3, 0.4) is 0 Å². The molecule has 4 rings (SSSR count). The molecule has 130 valence electrons. The molecule has 0 amide bonds. The predicted molar refractivity (Wildman–Crippen MR) is 96.7 cm³/mol. The first kappa shape index (κ1) is 15.8. The van der Waals surface area contributed by atoms with Crippen molar-refractivity contribution in [1.29, 1.82) is 0 Å². The molecule has 0 saturated carbocycles. The highest BCUT2D eigenvalue weighted by Gasteiger charge is 2.22. The molecule has 0 spiro atoms. The lowest BCUT2D eigenvalue weighted by atomic mass is 9.99. The van der Waals surface area contributed by atoms with E-state index in [1.54, 1.807) is 23.9 Å². The van der Waals surface area contributed by atoms with Crippen LogP contribution >= 0.6 is 0 Å². The van der Waals surface area contributed by atoms with E-state index in [-0.39, 0.29) is 5.82 Å². The van der Waals surface area contributed by atoms with Gasteiger partial charge in [-0.1, -0.05) is 6.92 Å². The zero-order valence-corrected chi connectivity index (χ0v) is 14.4. The molecule has 0 unspecified atom stereocenters. The smallest absolute Gasteiger partial charge is 0.228 e. The normalized spacial score (nSPS) is 15.9. The van der Waals surface area contributed by atoms with E-state index in [0.29, 0.717) is 28.5 Å². The molecule has 1 aliphatic rings. The lowest BCUT2D eigenvalue weighted by Gasteiger charge is -2.30. The number of aromatic nitrogens is 4. The van der Waals surface area contributed by atoms with E-state index in [9.17, 15) is 4.39 Å². The third kappa shape index (κ3) is 2.79. The summed E-state index contributed by atoms with van der Waals surface area (Å²) in [5.41, 5.74) is 8.26. The van der Waals surface area contributed by atoms with Crippen molar-refractivity contribution < 1.29 is 4.39 Å². The van der Waals surface area contributed by atoms with Crippen molar-refractivity contribution in [3.63, 3.8) is 0 Å². The van der Waals surface area contributed by atoms with Crippen LogP contribution in [0, 0.1) is 11.7 Å². The van der Waals surface area contributed by atoms with Crippen LogP contribution in [-0.4, -0.2) is 32.8 Å². The Morgan fingerprint density at radius 2 is 1.80 bits per heavy atom. The fourth-order valence-electron chi connectivity index (χ4n) is 3.27. The summed E-state index contributed by atoms with van der Waals surface area (Å²) >= 11 is 0. The maximum atomic E-state index is 13.3. The maximum absolute atomic E-state index is 13.3. The molecule has 3 aromatic rings. The largest absolute Gasteiger partial charge is 0.383 e. The number of benzene rings is 1. The van der Waals surface area contributed by atoms with Gasteiger partial charge < -0.3 is 10.6 Å². The Labute approximate surface area is 145 Å². The third-order valence-electron chi connectivity index (χ3n) is 4.91. The minimum Gasteiger partial charge on any atom is -0.383 e. The molecular weight excluding hydrogens is 319 g/mol. The highest BCUT2D eigenvalue weighted by Crippen LogP contribution is 2.32. The molecule has 2 N–H and O–H groups in total. The van der Waals surface area contributed by atoms with Gasteiger partial charge in [0.1, 0.15) is 11.6 Å². The summed E-state index contributed by atoms with van der Waals surface area (Å²) in [4.78, 5) is 11.6. The zero-order chi connectivity index (χ0) is 17.6. The predicted octanol–water partition coefficient (Wildman–Crippen LogP) is 2.99. The van der Waals surface area contributed by atoms with E-state index in [0.717, 1.165) is 37.4 Å². The Hall–Kier alpha value is -2.70. The standard InChI is InChI=1S/C18H21FN6/c1-11-7-9-25(10-8-11)18-21-15(12-3-5-13(19)6-4-12)14-16(20)24(2)23-17(14)22-18/h3-6,11H,7-10,20H2,1-2H3. The summed E-state index contributed by atoms with van der Waals surface area (Å²) in [5, 5.41) is 5.14. The lowest BCUT2D eigenvalue weighted by Crippen LogP contribution is -2.34. The Balaban J connectivity index is 1.88. The monoisotopic (exact) mass is 340 g/mol. The molecule has 25 heavy (non-hydrogen) atoms. The van der Waals surface area contributed by atoms with Gasteiger partial charge in [0, 0.05) is 25.7 Å². The van der Waals surface area contributed by atoms with E-state index in [1.165, 1.54) is 12.1 Å². The molecule has 0 bridgehead atoms. The molecule has 1 saturated heterocycles. The van der Waals surface area contributed by atoms with Gasteiger partial charge in [-0.3, -0.25) is 4.68 Å². The van der Waals surface area contributed by atoms with Crippen molar-refractivity contribution in [2.45, 2.75) is 19.8 Å². The van der Waals surface area contributed by atoms with Crippen LogP contribution < -0.4 is 10.6 Å². The van der Waals surface area contributed by atoms with Crippen LogP contribution in [0.5, 0.6) is 0 Å². The van der Waals surface area contributed by atoms with E-state index in [1.807, 2.05) is 0 Å². The van der Waals surface area contributed by atoms with Gasteiger partial charge in [0.15, 0.2) is 5.65 Å². The van der Waals surface area contributed by atoms with Gasteiger partial charge >= 0.3 is 0 Å². The summed E-state index contributed by atoms with van der Waals surface area (Å²) in [6.07, 6.45) is 2.25.